The van der Waals surface area contributed by atoms with Gasteiger partial charge in [-0.1, -0.05) is 0 Å². The molecule has 2 heterocycles. The number of aryl methyl sites for hydroxylation is 1. The van der Waals surface area contributed by atoms with Crippen LogP contribution in [-0.2, 0) is 18.0 Å². The minimum Gasteiger partial charge on any atom is -0.370 e. The molecular formula is C13H11F2NO. The van der Waals surface area contributed by atoms with Crippen LogP contribution in [0.4, 0.5) is 8.78 Å². The van der Waals surface area contributed by atoms with E-state index in [-0.39, 0.29) is 0 Å². The average Bonchev–Trinajstić information content (AvgIpc) is 2.79. The molecular weight excluding hydrogens is 224 g/mol. The molecule has 0 spiro atoms. The van der Waals surface area contributed by atoms with E-state index in [1.165, 1.54) is 12.1 Å². The van der Waals surface area contributed by atoms with Gasteiger partial charge in [0.15, 0.2) is 0 Å². The van der Waals surface area contributed by atoms with Crippen molar-refractivity contribution in [2.24, 2.45) is 0 Å². The second-order valence-corrected chi connectivity index (χ2v) is 4.18. The van der Waals surface area contributed by atoms with Crippen LogP contribution in [0, 0.1) is 18.6 Å². The zero-order valence-corrected chi connectivity index (χ0v) is 9.34. The Morgan fingerprint density at radius 2 is 2.00 bits per heavy atom. The van der Waals surface area contributed by atoms with Crippen molar-refractivity contribution in [2.75, 3.05) is 0 Å². The van der Waals surface area contributed by atoms with E-state index in [1.807, 2.05) is 13.0 Å². The van der Waals surface area contributed by atoms with Crippen LogP contribution in [0.3, 0.4) is 0 Å². The fourth-order valence-electron chi connectivity index (χ4n) is 2.29. The number of hydrogen-bond donors (Lipinski definition) is 0. The molecule has 0 unspecified atom stereocenters. The van der Waals surface area contributed by atoms with Crippen LogP contribution in [0.1, 0.15) is 17.0 Å². The first-order valence-corrected chi connectivity index (χ1v) is 5.40. The van der Waals surface area contributed by atoms with Gasteiger partial charge in [0.1, 0.15) is 11.6 Å². The van der Waals surface area contributed by atoms with Crippen molar-refractivity contribution in [1.29, 1.82) is 0 Å². The lowest BCUT2D eigenvalue weighted by atomic mass is 10.2. The van der Waals surface area contributed by atoms with Crippen LogP contribution < -0.4 is 0 Å². The monoisotopic (exact) mass is 235 g/mol. The summed E-state index contributed by atoms with van der Waals surface area (Å²) in [4.78, 5) is 0. The van der Waals surface area contributed by atoms with Gasteiger partial charge in [-0.25, -0.2) is 8.78 Å². The Morgan fingerprint density at radius 3 is 2.76 bits per heavy atom. The highest BCUT2D eigenvalue weighted by Crippen LogP contribution is 2.28. The summed E-state index contributed by atoms with van der Waals surface area (Å²) in [7, 11) is 0. The predicted octanol–water partition coefficient (Wildman–Crippen LogP) is 3.09. The molecule has 0 bridgehead atoms. The maximum Gasteiger partial charge on any atom is 0.150 e. The SMILES string of the molecule is Cc1cc2c(n1-c1ccc(F)cc1F)COC2. The first kappa shape index (κ1) is 10.5. The molecule has 1 aromatic carbocycles. The molecule has 2 aromatic rings. The van der Waals surface area contributed by atoms with Crippen LogP contribution >= 0.6 is 0 Å². The van der Waals surface area contributed by atoms with Crippen LogP contribution in [-0.4, -0.2) is 4.57 Å². The quantitative estimate of drug-likeness (QED) is 0.740. The molecule has 0 amide bonds. The molecule has 0 saturated heterocycles. The Balaban J connectivity index is 2.21. The number of ether oxygens (including phenoxy) is 1. The second kappa shape index (κ2) is 3.67. The highest BCUT2D eigenvalue weighted by Gasteiger charge is 2.21. The van der Waals surface area contributed by atoms with Gasteiger partial charge >= 0.3 is 0 Å². The van der Waals surface area contributed by atoms with Gasteiger partial charge in [-0.05, 0) is 25.1 Å². The maximum absolute atomic E-state index is 13.8. The highest BCUT2D eigenvalue weighted by molar-refractivity contribution is 5.43. The van der Waals surface area contributed by atoms with Crippen molar-refractivity contribution in [3.05, 3.63) is 52.9 Å². The minimum absolute atomic E-state index is 0.371. The van der Waals surface area contributed by atoms with Gasteiger partial charge in [0, 0.05) is 17.3 Å². The maximum atomic E-state index is 13.8. The lowest BCUT2D eigenvalue weighted by molar-refractivity contribution is 0.131. The van der Waals surface area contributed by atoms with Gasteiger partial charge in [-0.2, -0.15) is 0 Å². The van der Waals surface area contributed by atoms with Crippen LogP contribution in [0.5, 0.6) is 0 Å². The molecule has 88 valence electrons. The molecule has 17 heavy (non-hydrogen) atoms. The normalized spacial score (nSPS) is 14.1. The summed E-state index contributed by atoms with van der Waals surface area (Å²) in [5.74, 6) is -1.12. The van der Waals surface area contributed by atoms with Gasteiger partial charge in [0.05, 0.1) is 24.6 Å². The smallest absolute Gasteiger partial charge is 0.150 e. The van der Waals surface area contributed by atoms with Gasteiger partial charge in [-0.3, -0.25) is 0 Å². The van der Waals surface area contributed by atoms with E-state index >= 15 is 0 Å². The molecule has 1 aliphatic heterocycles. The fourth-order valence-corrected chi connectivity index (χ4v) is 2.29. The molecule has 0 aliphatic carbocycles. The van der Waals surface area contributed by atoms with Crippen molar-refractivity contribution >= 4 is 0 Å². The summed E-state index contributed by atoms with van der Waals surface area (Å²) >= 11 is 0. The first-order chi connectivity index (χ1) is 8.16. The average molecular weight is 235 g/mol. The Hall–Kier alpha value is -1.68. The fraction of sp³-hybridized carbons (Fsp3) is 0.231. The van der Waals surface area contributed by atoms with Crippen molar-refractivity contribution in [1.82, 2.24) is 4.57 Å². The molecule has 0 radical (unpaired) electrons. The van der Waals surface area contributed by atoms with E-state index in [0.29, 0.717) is 18.9 Å². The number of halogens is 2. The topological polar surface area (TPSA) is 14.2 Å². The number of rotatable bonds is 1. The highest BCUT2D eigenvalue weighted by atomic mass is 19.1. The van der Waals surface area contributed by atoms with Crippen LogP contribution in [0.25, 0.3) is 5.69 Å². The van der Waals surface area contributed by atoms with E-state index < -0.39 is 11.6 Å². The van der Waals surface area contributed by atoms with Gasteiger partial charge in [-0.15, -0.1) is 0 Å². The molecule has 1 aliphatic rings. The Bertz CT molecular complexity index is 589. The lowest BCUT2D eigenvalue weighted by Crippen LogP contribution is -2.04. The Labute approximate surface area is 97.4 Å². The third-order valence-corrected chi connectivity index (χ3v) is 3.02. The van der Waals surface area contributed by atoms with Crippen molar-refractivity contribution < 1.29 is 13.5 Å². The largest absolute Gasteiger partial charge is 0.370 e. The standard InChI is InChI=1S/C13H11F2NO/c1-8-4-9-6-17-7-13(9)16(8)12-3-2-10(14)5-11(12)15/h2-5H,6-7H2,1H3. The summed E-state index contributed by atoms with van der Waals surface area (Å²) in [5, 5.41) is 0. The molecule has 2 nitrogen and oxygen atoms in total. The van der Waals surface area contributed by atoms with Crippen LogP contribution in [0.15, 0.2) is 24.3 Å². The van der Waals surface area contributed by atoms with Crippen molar-refractivity contribution in [3.63, 3.8) is 0 Å². The van der Waals surface area contributed by atoms with Crippen molar-refractivity contribution in [2.45, 2.75) is 20.1 Å². The zero-order chi connectivity index (χ0) is 12.0. The number of hydrogen-bond acceptors (Lipinski definition) is 1. The Morgan fingerprint density at radius 1 is 1.18 bits per heavy atom. The summed E-state index contributed by atoms with van der Waals surface area (Å²) in [6.07, 6.45) is 0. The molecule has 3 rings (SSSR count). The molecule has 4 heteroatoms. The summed E-state index contributed by atoms with van der Waals surface area (Å²) < 4.78 is 33.8. The molecule has 0 saturated carbocycles. The zero-order valence-electron chi connectivity index (χ0n) is 9.34. The summed E-state index contributed by atoms with van der Waals surface area (Å²) in [6, 6.07) is 5.60. The van der Waals surface area contributed by atoms with E-state index in [1.54, 1.807) is 4.57 Å². The summed E-state index contributed by atoms with van der Waals surface area (Å²) in [6.45, 7) is 2.94. The van der Waals surface area contributed by atoms with E-state index in [2.05, 4.69) is 0 Å². The molecule has 0 N–H and O–H groups in total. The van der Waals surface area contributed by atoms with Gasteiger partial charge < -0.3 is 9.30 Å². The Kier molecular flexibility index (Phi) is 2.26. The van der Waals surface area contributed by atoms with E-state index in [9.17, 15) is 8.78 Å². The minimum atomic E-state index is -0.566. The second-order valence-electron chi connectivity index (χ2n) is 4.18. The lowest BCUT2D eigenvalue weighted by Gasteiger charge is -2.11. The van der Waals surface area contributed by atoms with Gasteiger partial charge in [0.25, 0.3) is 0 Å². The molecule has 1 aromatic heterocycles. The third-order valence-electron chi connectivity index (χ3n) is 3.02. The number of nitrogens with zero attached hydrogens (tertiary/aromatic N) is 1. The predicted molar refractivity (Wildman–Crippen MR) is 58.9 cm³/mol. The first-order valence-electron chi connectivity index (χ1n) is 5.40. The third kappa shape index (κ3) is 1.56. The van der Waals surface area contributed by atoms with Crippen LogP contribution in [0.2, 0.25) is 0 Å². The van der Waals surface area contributed by atoms with Crippen molar-refractivity contribution in [3.8, 4) is 5.69 Å². The van der Waals surface area contributed by atoms with E-state index in [0.717, 1.165) is 23.0 Å². The number of fused-ring (bicyclic) bond motifs is 1. The molecule has 0 fully saturated rings. The number of aromatic nitrogens is 1. The van der Waals surface area contributed by atoms with Gasteiger partial charge in [0.2, 0.25) is 0 Å². The number of benzene rings is 1. The van der Waals surface area contributed by atoms with E-state index in [4.69, 9.17) is 4.74 Å². The molecule has 0 atom stereocenters. The summed E-state index contributed by atoms with van der Waals surface area (Å²) in [5.41, 5.74) is 3.33.